The normalized spacial score (nSPS) is 18.6. The summed E-state index contributed by atoms with van der Waals surface area (Å²) < 4.78 is 5.72. The van der Waals surface area contributed by atoms with E-state index in [9.17, 15) is 4.79 Å². The summed E-state index contributed by atoms with van der Waals surface area (Å²) in [6, 6.07) is 5.59. The van der Waals surface area contributed by atoms with Crippen LogP contribution >= 0.6 is 11.6 Å². The Balaban J connectivity index is 1.70. The van der Waals surface area contributed by atoms with E-state index >= 15 is 0 Å². The molecule has 1 aliphatic rings. The highest BCUT2D eigenvalue weighted by Crippen LogP contribution is 2.22. The molecule has 116 valence electrons. The second-order valence-electron chi connectivity index (χ2n) is 5.95. The molecule has 1 aliphatic heterocycles. The average molecular weight is 310 g/mol. The van der Waals surface area contributed by atoms with Crippen molar-refractivity contribution in [2.45, 2.75) is 39.5 Å². The average Bonchev–Trinajstić information content (AvgIpc) is 2.45. The van der Waals surface area contributed by atoms with Crippen LogP contribution in [-0.4, -0.2) is 30.5 Å². The Morgan fingerprint density at radius 1 is 1.48 bits per heavy atom. The van der Waals surface area contributed by atoms with Gasteiger partial charge in [-0.1, -0.05) is 18.5 Å². The smallest absolute Gasteiger partial charge is 0.222 e. The zero-order valence-corrected chi connectivity index (χ0v) is 13.7. The molecule has 1 amide bonds. The molecular formula is C17H24ClNO2. The molecule has 3 nitrogen and oxygen atoms in total. The van der Waals surface area contributed by atoms with E-state index in [1.807, 2.05) is 30.0 Å². The molecule has 0 aromatic heterocycles. The van der Waals surface area contributed by atoms with Gasteiger partial charge in [0.15, 0.2) is 0 Å². The molecule has 2 rings (SSSR count). The number of amides is 1. The molecule has 1 heterocycles. The molecule has 0 N–H and O–H groups in total. The van der Waals surface area contributed by atoms with Crippen molar-refractivity contribution in [3.05, 3.63) is 28.8 Å². The Hall–Kier alpha value is -1.22. The molecule has 1 saturated heterocycles. The van der Waals surface area contributed by atoms with Crippen molar-refractivity contribution in [3.8, 4) is 5.75 Å². The molecule has 1 fully saturated rings. The van der Waals surface area contributed by atoms with Crippen molar-refractivity contribution < 1.29 is 9.53 Å². The van der Waals surface area contributed by atoms with Gasteiger partial charge >= 0.3 is 0 Å². The summed E-state index contributed by atoms with van der Waals surface area (Å²) in [5.41, 5.74) is 1.03. The van der Waals surface area contributed by atoms with Crippen LogP contribution in [0.1, 0.15) is 38.2 Å². The third-order valence-corrected chi connectivity index (χ3v) is 4.17. The van der Waals surface area contributed by atoms with Crippen LogP contribution in [0.25, 0.3) is 0 Å². The number of rotatable bonds is 5. The molecule has 4 heteroatoms. The van der Waals surface area contributed by atoms with Crippen molar-refractivity contribution in [2.24, 2.45) is 5.92 Å². The van der Waals surface area contributed by atoms with Crippen LogP contribution in [0.3, 0.4) is 0 Å². The van der Waals surface area contributed by atoms with E-state index in [-0.39, 0.29) is 5.91 Å². The molecule has 1 aromatic carbocycles. The number of piperidine rings is 1. The first-order valence-electron chi connectivity index (χ1n) is 7.73. The molecule has 1 atom stereocenters. The molecule has 1 unspecified atom stereocenters. The Labute approximate surface area is 132 Å². The largest absolute Gasteiger partial charge is 0.493 e. The molecular weight excluding hydrogens is 286 g/mol. The zero-order chi connectivity index (χ0) is 15.2. The van der Waals surface area contributed by atoms with E-state index in [0.29, 0.717) is 24.0 Å². The first kappa shape index (κ1) is 16.2. The van der Waals surface area contributed by atoms with Crippen molar-refractivity contribution in [3.63, 3.8) is 0 Å². The predicted molar refractivity (Wildman–Crippen MR) is 85.9 cm³/mol. The van der Waals surface area contributed by atoms with Crippen molar-refractivity contribution in [2.75, 3.05) is 19.7 Å². The highest BCUT2D eigenvalue weighted by atomic mass is 35.5. The van der Waals surface area contributed by atoms with E-state index < -0.39 is 0 Å². The number of halogens is 1. The van der Waals surface area contributed by atoms with Gasteiger partial charge in [-0.05, 0) is 55.9 Å². The predicted octanol–water partition coefficient (Wildman–Crippen LogP) is 4.07. The molecule has 1 aromatic rings. The summed E-state index contributed by atoms with van der Waals surface area (Å²) >= 11 is 5.91. The third-order valence-electron chi connectivity index (χ3n) is 3.94. The summed E-state index contributed by atoms with van der Waals surface area (Å²) in [6.07, 6.45) is 3.70. The van der Waals surface area contributed by atoms with Gasteiger partial charge in [0, 0.05) is 24.5 Å². The number of hydrogen-bond acceptors (Lipinski definition) is 2. The molecule has 0 aliphatic carbocycles. The van der Waals surface area contributed by atoms with Crippen molar-refractivity contribution in [1.29, 1.82) is 0 Å². The maximum Gasteiger partial charge on any atom is 0.222 e. The fraction of sp³-hybridized carbons (Fsp3) is 0.588. The highest BCUT2D eigenvalue weighted by molar-refractivity contribution is 6.30. The lowest BCUT2D eigenvalue weighted by Crippen LogP contribution is -2.39. The fourth-order valence-corrected chi connectivity index (χ4v) is 2.98. The zero-order valence-electron chi connectivity index (χ0n) is 12.9. The van der Waals surface area contributed by atoms with E-state index in [1.54, 1.807) is 0 Å². The molecule has 0 radical (unpaired) electrons. The monoisotopic (exact) mass is 309 g/mol. The second kappa shape index (κ2) is 7.69. The topological polar surface area (TPSA) is 29.5 Å². The van der Waals surface area contributed by atoms with E-state index in [0.717, 1.165) is 37.2 Å². The summed E-state index contributed by atoms with van der Waals surface area (Å²) in [6.45, 7) is 6.58. The van der Waals surface area contributed by atoms with Crippen LogP contribution < -0.4 is 4.74 Å². The molecule has 21 heavy (non-hydrogen) atoms. The summed E-state index contributed by atoms with van der Waals surface area (Å²) in [5, 5.41) is 0.717. The SMILES string of the molecule is Cc1cc(Cl)ccc1OCCCC(=O)N1CCCC(C)C1. The van der Waals surface area contributed by atoms with Crippen LogP contribution in [0.2, 0.25) is 5.02 Å². The number of ether oxygens (including phenoxy) is 1. The number of carbonyl (C=O) groups is 1. The minimum Gasteiger partial charge on any atom is -0.493 e. The minimum absolute atomic E-state index is 0.262. The van der Waals surface area contributed by atoms with Gasteiger partial charge in [-0.25, -0.2) is 0 Å². The molecule has 0 bridgehead atoms. The van der Waals surface area contributed by atoms with Crippen LogP contribution in [0.4, 0.5) is 0 Å². The van der Waals surface area contributed by atoms with Gasteiger partial charge in [0.25, 0.3) is 0 Å². The number of benzene rings is 1. The lowest BCUT2D eigenvalue weighted by molar-refractivity contribution is -0.133. The first-order valence-corrected chi connectivity index (χ1v) is 8.11. The number of hydrogen-bond donors (Lipinski definition) is 0. The first-order chi connectivity index (χ1) is 10.1. The van der Waals surface area contributed by atoms with Gasteiger partial charge in [-0.15, -0.1) is 0 Å². The molecule has 0 saturated carbocycles. The van der Waals surface area contributed by atoms with Gasteiger partial charge in [0.1, 0.15) is 5.75 Å². The van der Waals surface area contributed by atoms with E-state index in [1.165, 1.54) is 6.42 Å². The number of likely N-dealkylation sites (tertiary alicyclic amines) is 1. The number of aryl methyl sites for hydroxylation is 1. The third kappa shape index (κ3) is 4.92. The van der Waals surface area contributed by atoms with Crippen LogP contribution in [0.15, 0.2) is 18.2 Å². The Bertz CT molecular complexity index is 490. The summed E-state index contributed by atoms with van der Waals surface area (Å²) in [7, 11) is 0. The van der Waals surface area contributed by atoms with Gasteiger partial charge in [0.05, 0.1) is 6.61 Å². The van der Waals surface area contributed by atoms with Crippen LogP contribution in [0.5, 0.6) is 5.75 Å². The van der Waals surface area contributed by atoms with E-state index in [4.69, 9.17) is 16.3 Å². The maximum absolute atomic E-state index is 12.1. The second-order valence-corrected chi connectivity index (χ2v) is 6.39. The van der Waals surface area contributed by atoms with Gasteiger partial charge in [0.2, 0.25) is 5.91 Å². The quantitative estimate of drug-likeness (QED) is 0.767. The number of nitrogens with zero attached hydrogens (tertiary/aromatic N) is 1. The number of carbonyl (C=O) groups excluding carboxylic acids is 1. The van der Waals surface area contributed by atoms with Gasteiger partial charge in [-0.2, -0.15) is 0 Å². The summed E-state index contributed by atoms with van der Waals surface area (Å²) in [4.78, 5) is 14.1. The van der Waals surface area contributed by atoms with Crippen molar-refractivity contribution in [1.82, 2.24) is 4.90 Å². The standard InChI is InChI=1S/C17H24ClNO2/c1-13-5-3-9-19(12-13)17(20)6-4-10-21-16-8-7-15(18)11-14(16)2/h7-8,11,13H,3-6,9-10,12H2,1-2H3. The Morgan fingerprint density at radius 2 is 2.29 bits per heavy atom. The highest BCUT2D eigenvalue weighted by Gasteiger charge is 2.20. The Morgan fingerprint density at radius 3 is 3.00 bits per heavy atom. The lowest BCUT2D eigenvalue weighted by atomic mass is 10.00. The van der Waals surface area contributed by atoms with Crippen LogP contribution in [-0.2, 0) is 4.79 Å². The van der Waals surface area contributed by atoms with Crippen molar-refractivity contribution >= 4 is 17.5 Å². The Kier molecular flexibility index (Phi) is 5.92. The fourth-order valence-electron chi connectivity index (χ4n) is 2.75. The van der Waals surface area contributed by atoms with Gasteiger partial charge < -0.3 is 9.64 Å². The minimum atomic E-state index is 0.262. The summed E-state index contributed by atoms with van der Waals surface area (Å²) in [5.74, 6) is 1.74. The van der Waals surface area contributed by atoms with Crippen LogP contribution in [0, 0.1) is 12.8 Å². The molecule has 0 spiro atoms. The van der Waals surface area contributed by atoms with E-state index in [2.05, 4.69) is 6.92 Å². The van der Waals surface area contributed by atoms with Gasteiger partial charge in [-0.3, -0.25) is 4.79 Å². The maximum atomic E-state index is 12.1. The lowest BCUT2D eigenvalue weighted by Gasteiger charge is -2.31.